The fourth-order valence-corrected chi connectivity index (χ4v) is 2.17. The molecule has 2 heteroatoms. The first-order valence-corrected chi connectivity index (χ1v) is 6.82. The number of nitrogens with two attached hydrogens (primary N) is 1. The molecule has 0 aliphatic rings. The topological polar surface area (TPSA) is 38.0 Å². The van der Waals surface area contributed by atoms with Gasteiger partial charge in [-0.05, 0) is 48.6 Å². The number of aryl methyl sites for hydroxylation is 1. The summed E-state index contributed by atoms with van der Waals surface area (Å²) in [5.74, 6) is 0.573. The van der Waals surface area contributed by atoms with Crippen molar-refractivity contribution in [3.05, 3.63) is 59.7 Å². The lowest BCUT2D eigenvalue weighted by molar-refractivity contribution is 0.706. The van der Waals surface area contributed by atoms with Crippen LogP contribution < -0.4 is 11.1 Å². The summed E-state index contributed by atoms with van der Waals surface area (Å²) in [5, 5.41) is 3.46. The Morgan fingerprint density at radius 3 is 2.53 bits per heavy atom. The third-order valence-electron chi connectivity index (χ3n) is 3.54. The van der Waals surface area contributed by atoms with Crippen molar-refractivity contribution in [1.29, 1.82) is 0 Å². The number of hydrogen-bond acceptors (Lipinski definition) is 2. The average Bonchev–Trinajstić information content (AvgIpc) is 2.43. The van der Waals surface area contributed by atoms with Crippen LogP contribution in [0.25, 0.3) is 0 Å². The smallest absolute Gasteiger partial charge is 0.0345 e. The molecule has 0 radical (unpaired) electrons. The van der Waals surface area contributed by atoms with Crippen molar-refractivity contribution in [2.24, 2.45) is 0 Å². The Morgan fingerprint density at radius 1 is 1.11 bits per heavy atom. The second-order valence-corrected chi connectivity index (χ2v) is 5.10. The van der Waals surface area contributed by atoms with E-state index in [1.165, 1.54) is 5.56 Å². The predicted octanol–water partition coefficient (Wildman–Crippen LogP) is 4.18. The molecule has 2 aromatic carbocycles. The van der Waals surface area contributed by atoms with Crippen molar-refractivity contribution in [2.45, 2.75) is 26.2 Å². The van der Waals surface area contributed by atoms with Crippen LogP contribution in [0, 0.1) is 6.92 Å². The summed E-state index contributed by atoms with van der Waals surface area (Å²) in [6.45, 7) is 5.28. The van der Waals surface area contributed by atoms with Crippen molar-refractivity contribution in [1.82, 2.24) is 0 Å². The minimum Gasteiger partial charge on any atom is -0.399 e. The van der Waals surface area contributed by atoms with E-state index in [0.29, 0.717) is 5.92 Å². The number of nitrogen functional groups attached to an aromatic ring is 1. The van der Waals surface area contributed by atoms with E-state index in [2.05, 4.69) is 48.6 Å². The van der Waals surface area contributed by atoms with Gasteiger partial charge >= 0.3 is 0 Å². The first-order chi connectivity index (χ1) is 9.16. The summed E-state index contributed by atoms with van der Waals surface area (Å²) in [6, 6.07) is 16.7. The van der Waals surface area contributed by atoms with Gasteiger partial charge in [0.1, 0.15) is 0 Å². The van der Waals surface area contributed by atoms with Crippen LogP contribution in [0.4, 0.5) is 11.4 Å². The Kier molecular flexibility index (Phi) is 4.45. The van der Waals surface area contributed by atoms with E-state index in [1.54, 1.807) is 0 Å². The van der Waals surface area contributed by atoms with Gasteiger partial charge in [-0.1, -0.05) is 37.3 Å². The second-order valence-electron chi connectivity index (χ2n) is 5.10. The van der Waals surface area contributed by atoms with Crippen LogP contribution >= 0.6 is 0 Å². The van der Waals surface area contributed by atoms with Crippen molar-refractivity contribution in [3.8, 4) is 0 Å². The zero-order valence-corrected chi connectivity index (χ0v) is 11.7. The van der Waals surface area contributed by atoms with E-state index in [-0.39, 0.29) is 0 Å². The molecule has 0 aliphatic carbocycles. The summed E-state index contributed by atoms with van der Waals surface area (Å²) in [4.78, 5) is 0. The van der Waals surface area contributed by atoms with Crippen LogP contribution in [0.5, 0.6) is 0 Å². The summed E-state index contributed by atoms with van der Waals surface area (Å²) in [6.07, 6.45) is 1.12. The van der Waals surface area contributed by atoms with Crippen LogP contribution in [0.3, 0.4) is 0 Å². The third-order valence-corrected chi connectivity index (χ3v) is 3.54. The Bertz CT molecular complexity index is 520. The summed E-state index contributed by atoms with van der Waals surface area (Å²) in [7, 11) is 0. The molecule has 2 aromatic rings. The quantitative estimate of drug-likeness (QED) is 0.785. The normalized spacial score (nSPS) is 12.1. The molecule has 0 spiro atoms. The molecule has 1 atom stereocenters. The predicted molar refractivity (Wildman–Crippen MR) is 83.6 cm³/mol. The molecule has 2 rings (SSSR count). The molecule has 0 saturated heterocycles. The van der Waals surface area contributed by atoms with E-state index in [4.69, 9.17) is 5.73 Å². The van der Waals surface area contributed by atoms with Crippen molar-refractivity contribution >= 4 is 11.4 Å². The standard InChI is InChI=1S/C17H22N2/c1-13(15-6-4-3-5-7-15)10-11-19-16-8-9-17(18)14(2)12-16/h3-9,12-13,19H,10-11,18H2,1-2H3. The zero-order chi connectivity index (χ0) is 13.7. The zero-order valence-electron chi connectivity index (χ0n) is 11.7. The van der Waals surface area contributed by atoms with E-state index >= 15 is 0 Å². The Hall–Kier alpha value is -1.96. The number of benzene rings is 2. The van der Waals surface area contributed by atoms with Gasteiger partial charge in [0.15, 0.2) is 0 Å². The number of hydrogen-bond donors (Lipinski definition) is 2. The largest absolute Gasteiger partial charge is 0.399 e. The summed E-state index contributed by atoms with van der Waals surface area (Å²) < 4.78 is 0. The number of nitrogens with one attached hydrogen (secondary N) is 1. The van der Waals surface area contributed by atoms with Gasteiger partial charge in [0.25, 0.3) is 0 Å². The van der Waals surface area contributed by atoms with Gasteiger partial charge in [0.2, 0.25) is 0 Å². The van der Waals surface area contributed by atoms with E-state index in [0.717, 1.165) is 29.9 Å². The van der Waals surface area contributed by atoms with Crippen LogP contribution in [-0.2, 0) is 0 Å². The lowest BCUT2D eigenvalue weighted by atomic mass is 9.98. The molecule has 2 nitrogen and oxygen atoms in total. The van der Waals surface area contributed by atoms with E-state index in [1.807, 2.05) is 19.1 Å². The first-order valence-electron chi connectivity index (χ1n) is 6.82. The lowest BCUT2D eigenvalue weighted by Gasteiger charge is -2.13. The monoisotopic (exact) mass is 254 g/mol. The fraction of sp³-hybridized carbons (Fsp3) is 0.294. The van der Waals surface area contributed by atoms with Gasteiger partial charge in [-0.15, -0.1) is 0 Å². The Balaban J connectivity index is 1.85. The summed E-state index contributed by atoms with van der Waals surface area (Å²) >= 11 is 0. The van der Waals surface area contributed by atoms with Gasteiger partial charge in [-0.3, -0.25) is 0 Å². The highest BCUT2D eigenvalue weighted by molar-refractivity contribution is 5.56. The van der Waals surface area contributed by atoms with Crippen LogP contribution in [-0.4, -0.2) is 6.54 Å². The molecule has 0 heterocycles. The fourth-order valence-electron chi connectivity index (χ4n) is 2.17. The molecule has 0 aromatic heterocycles. The van der Waals surface area contributed by atoms with Gasteiger partial charge in [-0.2, -0.15) is 0 Å². The minimum atomic E-state index is 0.573. The SMILES string of the molecule is Cc1cc(NCCC(C)c2ccccc2)ccc1N. The molecule has 0 saturated carbocycles. The molecule has 100 valence electrons. The van der Waals surface area contributed by atoms with Gasteiger partial charge < -0.3 is 11.1 Å². The van der Waals surface area contributed by atoms with Crippen molar-refractivity contribution in [3.63, 3.8) is 0 Å². The maximum Gasteiger partial charge on any atom is 0.0345 e. The molecular formula is C17H22N2. The molecular weight excluding hydrogens is 232 g/mol. The molecule has 0 fully saturated rings. The van der Waals surface area contributed by atoms with Crippen LogP contribution in [0.2, 0.25) is 0 Å². The molecule has 0 aliphatic heterocycles. The Labute approximate surface area is 115 Å². The highest BCUT2D eigenvalue weighted by atomic mass is 14.9. The number of anilines is 2. The summed E-state index contributed by atoms with van der Waals surface area (Å²) in [5.41, 5.74) is 10.3. The second kappa shape index (κ2) is 6.28. The van der Waals surface area contributed by atoms with Gasteiger partial charge in [0.05, 0.1) is 0 Å². The molecule has 3 N–H and O–H groups in total. The van der Waals surface area contributed by atoms with Crippen molar-refractivity contribution in [2.75, 3.05) is 17.6 Å². The molecule has 19 heavy (non-hydrogen) atoms. The number of rotatable bonds is 5. The maximum atomic E-state index is 5.81. The average molecular weight is 254 g/mol. The van der Waals surface area contributed by atoms with E-state index < -0.39 is 0 Å². The highest BCUT2D eigenvalue weighted by Gasteiger charge is 2.04. The van der Waals surface area contributed by atoms with E-state index in [9.17, 15) is 0 Å². The van der Waals surface area contributed by atoms with Crippen LogP contribution in [0.15, 0.2) is 48.5 Å². The molecule has 0 bridgehead atoms. The van der Waals surface area contributed by atoms with Crippen LogP contribution in [0.1, 0.15) is 30.4 Å². The first kappa shape index (κ1) is 13.5. The third kappa shape index (κ3) is 3.75. The highest BCUT2D eigenvalue weighted by Crippen LogP contribution is 2.20. The molecule has 0 amide bonds. The van der Waals surface area contributed by atoms with Crippen molar-refractivity contribution < 1.29 is 0 Å². The molecule has 1 unspecified atom stereocenters. The lowest BCUT2D eigenvalue weighted by Crippen LogP contribution is -2.06. The van der Waals surface area contributed by atoms with Gasteiger partial charge in [-0.25, -0.2) is 0 Å². The maximum absolute atomic E-state index is 5.81. The minimum absolute atomic E-state index is 0.573. The van der Waals surface area contributed by atoms with Gasteiger partial charge in [0, 0.05) is 17.9 Å². The Morgan fingerprint density at radius 2 is 1.84 bits per heavy atom.